The molecule has 172 valence electrons. The molecule has 1 aliphatic carbocycles. The van der Waals surface area contributed by atoms with E-state index in [2.05, 4.69) is 10.3 Å². The van der Waals surface area contributed by atoms with E-state index in [1.165, 1.54) is 19.1 Å². The third kappa shape index (κ3) is 4.67. The average molecular weight is 489 g/mol. The molecule has 0 spiro atoms. The van der Waals surface area contributed by atoms with E-state index in [1.54, 1.807) is 24.3 Å². The number of hydrogen-bond donors (Lipinski definition) is 2. The molecule has 1 unspecified atom stereocenters. The molecule has 1 atom stereocenters. The molecule has 1 heterocycles. The van der Waals surface area contributed by atoms with Gasteiger partial charge in [-0.2, -0.15) is 0 Å². The van der Waals surface area contributed by atoms with E-state index in [1.807, 2.05) is 0 Å². The highest BCUT2D eigenvalue weighted by Crippen LogP contribution is 2.39. The number of thiazole rings is 1. The number of Topliss-reactive ketones (excluding diaryl/α,β-unsaturated/α-hetero) is 1. The number of hydrogen-bond acceptors (Lipinski definition) is 7. The second-order valence-electron chi connectivity index (χ2n) is 7.69. The molecule has 3 aromatic rings. The number of benzene rings is 2. The topological polar surface area (TPSA) is 113 Å². The second kappa shape index (κ2) is 9.03. The minimum Gasteiger partial charge on any atom is -0.508 e. The number of aryl methyl sites for hydroxylation is 1. The minimum atomic E-state index is -3.55. The zero-order valence-corrected chi connectivity index (χ0v) is 19.3. The van der Waals surface area contributed by atoms with E-state index in [0.29, 0.717) is 29.0 Å². The van der Waals surface area contributed by atoms with Gasteiger partial charge in [0, 0.05) is 5.56 Å². The lowest BCUT2D eigenvalue weighted by atomic mass is 9.84. The van der Waals surface area contributed by atoms with Crippen molar-refractivity contribution in [2.75, 3.05) is 11.1 Å². The van der Waals surface area contributed by atoms with Gasteiger partial charge in [0.05, 0.1) is 33.6 Å². The summed E-state index contributed by atoms with van der Waals surface area (Å²) < 4.78 is 38.1. The van der Waals surface area contributed by atoms with Crippen LogP contribution in [0.1, 0.15) is 45.8 Å². The maximum Gasteiger partial charge on any atom is 0.230 e. The number of phenols is 1. The van der Waals surface area contributed by atoms with Crippen molar-refractivity contribution >= 4 is 38.0 Å². The highest BCUT2D eigenvalue weighted by atomic mass is 32.2. The Balaban J connectivity index is 1.47. The van der Waals surface area contributed by atoms with Crippen LogP contribution in [0.4, 0.5) is 9.52 Å². The number of carbonyl (C=O) groups excluding carboxylic acids is 2. The number of phenolic OH excluding ortho intramolecular Hbond substituents is 1. The fourth-order valence-electron chi connectivity index (χ4n) is 3.78. The van der Waals surface area contributed by atoms with Crippen LogP contribution in [0.5, 0.6) is 5.75 Å². The van der Waals surface area contributed by atoms with E-state index >= 15 is 0 Å². The molecule has 2 aromatic carbocycles. The lowest BCUT2D eigenvalue weighted by Gasteiger charge is -2.20. The van der Waals surface area contributed by atoms with Gasteiger partial charge in [-0.15, -0.1) is 0 Å². The van der Waals surface area contributed by atoms with Gasteiger partial charge < -0.3 is 10.4 Å². The third-order valence-corrected chi connectivity index (χ3v) is 8.34. The third-order valence-electron chi connectivity index (χ3n) is 5.58. The normalized spacial score (nSPS) is 15.8. The van der Waals surface area contributed by atoms with E-state index in [9.17, 15) is 27.5 Å². The summed E-state index contributed by atoms with van der Waals surface area (Å²) in [5, 5.41) is 12.9. The Morgan fingerprint density at radius 2 is 2.03 bits per heavy atom. The van der Waals surface area contributed by atoms with Crippen molar-refractivity contribution in [3.8, 4) is 5.75 Å². The van der Waals surface area contributed by atoms with E-state index in [0.717, 1.165) is 17.4 Å². The standard InChI is InChI=1S/C23H21FN2O5S2/c1-2-33(30,31)14-8-7-13(17(24)12-14)11-20(28)26-23-25-18-10-9-16(21(29)22(18)32-23)15-5-3-4-6-19(15)27/h3-8,12,16,27H,2,9-11H2,1H3,(H,25,26,28). The number of sulfone groups is 1. The summed E-state index contributed by atoms with van der Waals surface area (Å²) in [7, 11) is -3.55. The van der Waals surface area contributed by atoms with Crippen molar-refractivity contribution < 1.29 is 27.5 Å². The first kappa shape index (κ1) is 23.1. The Morgan fingerprint density at radius 1 is 1.27 bits per heavy atom. The van der Waals surface area contributed by atoms with Crippen LogP contribution in [0, 0.1) is 5.82 Å². The van der Waals surface area contributed by atoms with Crippen LogP contribution < -0.4 is 5.32 Å². The molecule has 0 fully saturated rings. The van der Waals surface area contributed by atoms with Gasteiger partial charge in [0.15, 0.2) is 20.8 Å². The first-order valence-electron chi connectivity index (χ1n) is 10.3. The predicted molar refractivity (Wildman–Crippen MR) is 122 cm³/mol. The first-order chi connectivity index (χ1) is 15.7. The van der Waals surface area contributed by atoms with Crippen LogP contribution in [0.2, 0.25) is 0 Å². The number of amides is 1. The van der Waals surface area contributed by atoms with E-state index in [-0.39, 0.29) is 39.3 Å². The Morgan fingerprint density at radius 3 is 2.73 bits per heavy atom. The van der Waals surface area contributed by atoms with Gasteiger partial charge >= 0.3 is 0 Å². The summed E-state index contributed by atoms with van der Waals surface area (Å²) >= 11 is 1.05. The summed E-state index contributed by atoms with van der Waals surface area (Å²) in [6, 6.07) is 10.2. The second-order valence-corrected chi connectivity index (χ2v) is 11.0. The summed E-state index contributed by atoms with van der Waals surface area (Å²) in [5.41, 5.74) is 1.21. The molecule has 2 N–H and O–H groups in total. The Labute approximate surface area is 194 Å². The maximum atomic E-state index is 14.4. The molecule has 0 saturated heterocycles. The largest absolute Gasteiger partial charge is 0.508 e. The predicted octanol–water partition coefficient (Wildman–Crippen LogP) is 3.88. The molecule has 0 saturated carbocycles. The molecular formula is C23H21FN2O5S2. The summed E-state index contributed by atoms with van der Waals surface area (Å²) in [6.45, 7) is 1.47. The Kier molecular flexibility index (Phi) is 6.31. The smallest absolute Gasteiger partial charge is 0.230 e. The molecule has 1 amide bonds. The molecular weight excluding hydrogens is 467 g/mol. The molecule has 1 aromatic heterocycles. The van der Waals surface area contributed by atoms with Crippen LogP contribution >= 0.6 is 11.3 Å². The lowest BCUT2D eigenvalue weighted by molar-refractivity contribution is -0.115. The average Bonchev–Trinajstić information content (AvgIpc) is 3.19. The number of rotatable bonds is 6. The highest BCUT2D eigenvalue weighted by molar-refractivity contribution is 7.91. The van der Waals surface area contributed by atoms with Crippen molar-refractivity contribution in [2.45, 2.75) is 37.0 Å². The number of halogens is 1. The van der Waals surface area contributed by atoms with Crippen LogP contribution in [0.25, 0.3) is 0 Å². The van der Waals surface area contributed by atoms with Gasteiger partial charge in [0.2, 0.25) is 5.91 Å². The number of nitrogens with zero attached hydrogens (tertiary/aromatic N) is 1. The molecule has 0 aliphatic heterocycles. The monoisotopic (exact) mass is 488 g/mol. The molecule has 1 aliphatic rings. The maximum absolute atomic E-state index is 14.4. The van der Waals surface area contributed by atoms with Gasteiger partial charge in [-0.25, -0.2) is 17.8 Å². The SMILES string of the molecule is CCS(=O)(=O)c1ccc(CC(=O)Nc2nc3c(s2)C(=O)C(c2ccccc2O)CC3)c(F)c1. The summed E-state index contributed by atoms with van der Waals surface area (Å²) in [6.07, 6.45) is 0.712. The quantitative estimate of drug-likeness (QED) is 0.545. The molecule has 10 heteroatoms. The lowest BCUT2D eigenvalue weighted by Crippen LogP contribution is -2.19. The Bertz CT molecular complexity index is 1350. The number of aromatic nitrogens is 1. The van der Waals surface area contributed by atoms with Gasteiger partial charge in [0.25, 0.3) is 0 Å². The van der Waals surface area contributed by atoms with Crippen molar-refractivity contribution in [3.63, 3.8) is 0 Å². The van der Waals surface area contributed by atoms with Crippen LogP contribution in [0.3, 0.4) is 0 Å². The summed E-state index contributed by atoms with van der Waals surface area (Å²) in [5.74, 6) is -2.03. The number of aromatic hydroxyl groups is 1. The molecule has 7 nitrogen and oxygen atoms in total. The van der Waals surface area contributed by atoms with Gasteiger partial charge in [-0.05, 0) is 36.6 Å². The van der Waals surface area contributed by atoms with Crippen molar-refractivity contribution in [1.82, 2.24) is 4.98 Å². The number of anilines is 1. The number of nitrogens with one attached hydrogen (secondary N) is 1. The summed E-state index contributed by atoms with van der Waals surface area (Å²) in [4.78, 5) is 30.1. The van der Waals surface area contributed by atoms with Gasteiger partial charge in [0.1, 0.15) is 11.6 Å². The number of ketones is 1. The molecule has 0 bridgehead atoms. The molecule has 0 radical (unpaired) electrons. The van der Waals surface area contributed by atoms with Crippen LogP contribution in [-0.4, -0.2) is 36.0 Å². The fraction of sp³-hybridized carbons (Fsp3) is 0.261. The van der Waals surface area contributed by atoms with Crippen molar-refractivity contribution in [2.24, 2.45) is 0 Å². The van der Waals surface area contributed by atoms with Crippen LogP contribution in [0.15, 0.2) is 47.4 Å². The van der Waals surface area contributed by atoms with E-state index in [4.69, 9.17) is 0 Å². The first-order valence-corrected chi connectivity index (χ1v) is 12.8. The number of carbonyl (C=O) groups is 2. The van der Waals surface area contributed by atoms with Crippen molar-refractivity contribution in [1.29, 1.82) is 0 Å². The molecule has 4 rings (SSSR count). The van der Waals surface area contributed by atoms with Gasteiger partial charge in [-0.1, -0.05) is 42.5 Å². The van der Waals surface area contributed by atoms with Crippen molar-refractivity contribution in [3.05, 3.63) is 70.0 Å². The van der Waals surface area contributed by atoms with E-state index < -0.39 is 27.5 Å². The van der Waals surface area contributed by atoms with Gasteiger partial charge in [-0.3, -0.25) is 9.59 Å². The fourth-order valence-corrected chi connectivity index (χ4v) is 5.70. The van der Waals surface area contributed by atoms with Crippen LogP contribution in [-0.2, 0) is 27.5 Å². The number of para-hydroxylation sites is 1. The minimum absolute atomic E-state index is 0.0552. The zero-order valence-electron chi connectivity index (χ0n) is 17.7. The Hall–Kier alpha value is -3.11. The highest BCUT2D eigenvalue weighted by Gasteiger charge is 2.33. The number of fused-ring (bicyclic) bond motifs is 1. The zero-order chi connectivity index (χ0) is 23.8. The molecule has 33 heavy (non-hydrogen) atoms.